The molecule has 1 aromatic rings. The maximum absolute atomic E-state index is 11.7. The smallest absolute Gasteiger partial charge is 0.223 e. The molecule has 1 heterocycles. The summed E-state index contributed by atoms with van der Waals surface area (Å²) in [6.45, 7) is 0. The van der Waals surface area contributed by atoms with Crippen molar-refractivity contribution in [2.75, 3.05) is 14.2 Å². The first-order valence-corrected chi connectivity index (χ1v) is 5.73. The number of nitrogens with two attached hydrogens (primary N) is 1. The van der Waals surface area contributed by atoms with Crippen LogP contribution in [0, 0.1) is 5.92 Å². The van der Waals surface area contributed by atoms with E-state index >= 15 is 0 Å². The topological polar surface area (TPSA) is 72.6 Å². The third-order valence-electron chi connectivity index (χ3n) is 3.41. The second kappa shape index (κ2) is 4.68. The number of likely N-dealkylation sites (tertiary alicyclic amines) is 1. The van der Waals surface area contributed by atoms with Gasteiger partial charge in [-0.3, -0.25) is 9.59 Å². The molecule has 5 heteroatoms. The highest BCUT2D eigenvalue weighted by molar-refractivity contribution is 5.89. The largest absolute Gasteiger partial charge is 0.497 e. The summed E-state index contributed by atoms with van der Waals surface area (Å²) < 4.78 is 5.08. The molecule has 0 radical (unpaired) electrons. The van der Waals surface area contributed by atoms with Crippen molar-refractivity contribution in [3.05, 3.63) is 29.8 Å². The Labute approximate surface area is 106 Å². The van der Waals surface area contributed by atoms with Gasteiger partial charge in [0.05, 0.1) is 19.1 Å². The van der Waals surface area contributed by atoms with Crippen LogP contribution in [0.5, 0.6) is 5.75 Å². The lowest BCUT2D eigenvalue weighted by Crippen LogP contribution is -2.30. The van der Waals surface area contributed by atoms with E-state index in [1.807, 2.05) is 24.3 Å². The molecule has 2 rings (SSSR count). The van der Waals surface area contributed by atoms with Crippen molar-refractivity contribution in [1.29, 1.82) is 0 Å². The molecule has 1 saturated heterocycles. The summed E-state index contributed by atoms with van der Waals surface area (Å²) in [4.78, 5) is 24.7. The molecular weight excluding hydrogens is 232 g/mol. The Morgan fingerprint density at radius 1 is 1.39 bits per heavy atom. The molecule has 1 aliphatic rings. The number of carbonyl (C=O) groups is 2. The molecule has 0 spiro atoms. The number of ether oxygens (including phenoxy) is 1. The highest BCUT2D eigenvalue weighted by Crippen LogP contribution is 2.37. The van der Waals surface area contributed by atoms with Crippen LogP contribution in [0.3, 0.4) is 0 Å². The summed E-state index contributed by atoms with van der Waals surface area (Å²) in [7, 11) is 3.28. The van der Waals surface area contributed by atoms with Crippen molar-refractivity contribution in [1.82, 2.24) is 4.90 Å². The minimum Gasteiger partial charge on any atom is -0.497 e. The van der Waals surface area contributed by atoms with E-state index in [1.54, 1.807) is 19.1 Å². The summed E-state index contributed by atoms with van der Waals surface area (Å²) in [5, 5.41) is 0. The lowest BCUT2D eigenvalue weighted by Gasteiger charge is -2.23. The molecule has 18 heavy (non-hydrogen) atoms. The molecule has 1 aliphatic heterocycles. The highest BCUT2D eigenvalue weighted by Gasteiger charge is 2.41. The summed E-state index contributed by atoms with van der Waals surface area (Å²) >= 11 is 0. The maximum Gasteiger partial charge on any atom is 0.223 e. The number of hydrogen-bond acceptors (Lipinski definition) is 3. The van der Waals surface area contributed by atoms with Crippen LogP contribution < -0.4 is 10.5 Å². The lowest BCUT2D eigenvalue weighted by molar-refractivity contribution is -0.128. The number of primary amides is 1. The summed E-state index contributed by atoms with van der Waals surface area (Å²) in [6, 6.07) is 7.05. The van der Waals surface area contributed by atoms with Gasteiger partial charge in [-0.1, -0.05) is 12.1 Å². The molecule has 0 aromatic heterocycles. The Hall–Kier alpha value is -2.04. The monoisotopic (exact) mass is 248 g/mol. The molecule has 0 unspecified atom stereocenters. The van der Waals surface area contributed by atoms with Gasteiger partial charge in [0.2, 0.25) is 11.8 Å². The summed E-state index contributed by atoms with van der Waals surface area (Å²) in [5.74, 6) is -0.217. The fourth-order valence-corrected chi connectivity index (χ4v) is 2.38. The van der Waals surface area contributed by atoms with Gasteiger partial charge in [-0.25, -0.2) is 0 Å². The van der Waals surface area contributed by atoms with Gasteiger partial charge in [0.1, 0.15) is 5.75 Å². The van der Waals surface area contributed by atoms with Crippen LogP contribution in [0.4, 0.5) is 0 Å². The average Bonchev–Trinajstić information content (AvgIpc) is 2.66. The average molecular weight is 248 g/mol. The van der Waals surface area contributed by atoms with Gasteiger partial charge in [-0.15, -0.1) is 0 Å². The number of rotatable bonds is 3. The van der Waals surface area contributed by atoms with E-state index in [-0.39, 0.29) is 18.4 Å². The molecule has 2 N–H and O–H groups in total. The first-order valence-electron chi connectivity index (χ1n) is 5.73. The van der Waals surface area contributed by atoms with Gasteiger partial charge >= 0.3 is 0 Å². The number of amides is 2. The van der Waals surface area contributed by atoms with E-state index in [0.29, 0.717) is 0 Å². The molecule has 1 aromatic carbocycles. The van der Waals surface area contributed by atoms with Gasteiger partial charge in [0, 0.05) is 13.5 Å². The van der Waals surface area contributed by atoms with Crippen LogP contribution in [0.15, 0.2) is 24.3 Å². The fraction of sp³-hybridized carbons (Fsp3) is 0.385. The van der Waals surface area contributed by atoms with Crippen molar-refractivity contribution in [3.8, 4) is 5.75 Å². The zero-order chi connectivity index (χ0) is 13.3. The Kier molecular flexibility index (Phi) is 3.23. The van der Waals surface area contributed by atoms with Gasteiger partial charge in [-0.05, 0) is 17.7 Å². The van der Waals surface area contributed by atoms with Crippen LogP contribution >= 0.6 is 0 Å². The first kappa shape index (κ1) is 12.4. The Balaban J connectivity index is 2.33. The second-order valence-electron chi connectivity index (χ2n) is 4.44. The Morgan fingerprint density at radius 3 is 2.50 bits per heavy atom. The van der Waals surface area contributed by atoms with E-state index < -0.39 is 11.8 Å². The third kappa shape index (κ3) is 2.03. The lowest BCUT2D eigenvalue weighted by atomic mass is 9.93. The minimum absolute atomic E-state index is 0.0559. The van der Waals surface area contributed by atoms with Gasteiger partial charge in [-0.2, -0.15) is 0 Å². The van der Waals surface area contributed by atoms with Crippen LogP contribution in [0.25, 0.3) is 0 Å². The van der Waals surface area contributed by atoms with Crippen LogP contribution in [-0.4, -0.2) is 30.9 Å². The van der Waals surface area contributed by atoms with Crippen LogP contribution in [-0.2, 0) is 9.59 Å². The zero-order valence-electron chi connectivity index (χ0n) is 10.4. The SMILES string of the molecule is COc1ccc([C@H]2[C@@H](C(N)=O)CC(=O)N2C)cc1. The second-order valence-corrected chi connectivity index (χ2v) is 4.44. The van der Waals surface area contributed by atoms with Gasteiger partial charge in [0.15, 0.2) is 0 Å². The molecule has 1 fully saturated rings. The standard InChI is InChI=1S/C13H16N2O3/c1-15-11(16)7-10(13(14)17)12(15)8-3-5-9(18-2)6-4-8/h3-6,10,12H,7H2,1-2H3,(H2,14,17)/t10-,12-/m0/s1. The van der Waals surface area contributed by atoms with Crippen molar-refractivity contribution in [2.45, 2.75) is 12.5 Å². The fourth-order valence-electron chi connectivity index (χ4n) is 2.38. The van der Waals surface area contributed by atoms with E-state index in [9.17, 15) is 9.59 Å². The zero-order valence-corrected chi connectivity index (χ0v) is 10.4. The number of carbonyl (C=O) groups excluding carboxylic acids is 2. The van der Waals surface area contributed by atoms with Crippen molar-refractivity contribution in [2.24, 2.45) is 11.7 Å². The number of benzene rings is 1. The molecule has 2 amide bonds. The number of nitrogens with zero attached hydrogens (tertiary/aromatic N) is 1. The maximum atomic E-state index is 11.7. The molecule has 5 nitrogen and oxygen atoms in total. The normalized spacial score (nSPS) is 23.2. The predicted molar refractivity (Wildman–Crippen MR) is 65.8 cm³/mol. The van der Waals surface area contributed by atoms with Crippen molar-refractivity contribution in [3.63, 3.8) is 0 Å². The molecule has 0 aliphatic carbocycles. The van der Waals surface area contributed by atoms with E-state index in [1.165, 1.54) is 0 Å². The van der Waals surface area contributed by atoms with E-state index in [0.717, 1.165) is 11.3 Å². The molecule has 96 valence electrons. The van der Waals surface area contributed by atoms with Crippen molar-refractivity contribution >= 4 is 11.8 Å². The van der Waals surface area contributed by atoms with Crippen LogP contribution in [0.1, 0.15) is 18.0 Å². The Bertz CT molecular complexity index is 470. The quantitative estimate of drug-likeness (QED) is 0.855. The van der Waals surface area contributed by atoms with E-state index in [2.05, 4.69) is 0 Å². The number of hydrogen-bond donors (Lipinski definition) is 1. The first-order chi connectivity index (χ1) is 8.54. The molecular formula is C13H16N2O3. The van der Waals surface area contributed by atoms with E-state index in [4.69, 9.17) is 10.5 Å². The minimum atomic E-state index is -0.462. The molecule has 0 bridgehead atoms. The third-order valence-corrected chi connectivity index (χ3v) is 3.41. The highest BCUT2D eigenvalue weighted by atomic mass is 16.5. The molecule has 0 saturated carbocycles. The Morgan fingerprint density at radius 2 is 2.00 bits per heavy atom. The predicted octanol–water partition coefficient (Wildman–Crippen LogP) is 0.700. The summed E-state index contributed by atoms with van der Waals surface area (Å²) in [5.41, 5.74) is 6.26. The van der Waals surface area contributed by atoms with Gasteiger partial charge < -0.3 is 15.4 Å². The van der Waals surface area contributed by atoms with Crippen LogP contribution in [0.2, 0.25) is 0 Å². The molecule has 2 atom stereocenters. The van der Waals surface area contributed by atoms with Crippen molar-refractivity contribution < 1.29 is 14.3 Å². The summed E-state index contributed by atoms with van der Waals surface area (Å²) in [6.07, 6.45) is 0.183. The number of methoxy groups -OCH3 is 1. The van der Waals surface area contributed by atoms with Gasteiger partial charge in [0.25, 0.3) is 0 Å².